The molecule has 208 valence electrons. The van der Waals surface area contributed by atoms with Gasteiger partial charge in [-0.1, -0.05) is 39.3 Å². The number of ether oxygens (including phenoxy) is 1. The number of hydrogen-bond donors (Lipinski definition) is 3. The zero-order valence-electron chi connectivity index (χ0n) is 22.2. The zero-order valence-corrected chi connectivity index (χ0v) is 22.2. The maximum atomic E-state index is 13.2. The molecule has 0 spiro atoms. The second kappa shape index (κ2) is 16.6. The number of nitrogens with one attached hydrogen (secondary N) is 2. The second-order valence-electron chi connectivity index (χ2n) is 8.59. The number of nitrogens with two attached hydrogens (primary N) is 1. The number of hydrazine groups is 1. The van der Waals surface area contributed by atoms with Gasteiger partial charge in [-0.2, -0.15) is 13.2 Å². The molecule has 1 heterocycles. The molecule has 2 atom stereocenters. The van der Waals surface area contributed by atoms with Gasteiger partial charge in [-0.25, -0.2) is 4.79 Å². The Labute approximate surface area is 218 Å². The molecule has 1 aliphatic carbocycles. The standard InChI is InChI=1S/C21H29F3N2O3.C4H6N2.C2H6/c1-3-5-17(6-4-13-29-20(25)28)26(18-11-12-18)19(27)16-9-7-15(8-10-16)14(2)21(22,23)24;1-2-4-6-5-3-1;1-2/h7-10,14,17-18H,3-6,11-13H2,1-2H3,(H2,25,28);1-6H;1-2H3. The van der Waals surface area contributed by atoms with E-state index in [4.69, 9.17) is 10.5 Å². The minimum absolute atomic E-state index is 0.00903. The lowest BCUT2D eigenvalue weighted by Crippen LogP contribution is -2.42. The molecule has 1 aromatic carbocycles. The molecule has 1 fully saturated rings. The summed E-state index contributed by atoms with van der Waals surface area (Å²) in [5, 5.41) is 0. The van der Waals surface area contributed by atoms with Gasteiger partial charge in [0.05, 0.1) is 12.5 Å². The first-order valence-electron chi connectivity index (χ1n) is 12.9. The Kier molecular flexibility index (Phi) is 14.3. The fourth-order valence-corrected chi connectivity index (χ4v) is 3.79. The van der Waals surface area contributed by atoms with Crippen LogP contribution in [0.4, 0.5) is 18.0 Å². The van der Waals surface area contributed by atoms with E-state index in [-0.39, 0.29) is 30.2 Å². The number of primary amides is 1. The van der Waals surface area contributed by atoms with Gasteiger partial charge >= 0.3 is 12.3 Å². The Morgan fingerprint density at radius 1 is 1.08 bits per heavy atom. The number of halogens is 3. The van der Waals surface area contributed by atoms with E-state index in [1.54, 1.807) is 0 Å². The number of rotatable bonds is 10. The number of alkyl halides is 3. The molecular weight excluding hydrogens is 485 g/mol. The molecule has 0 saturated heterocycles. The predicted molar refractivity (Wildman–Crippen MR) is 139 cm³/mol. The highest BCUT2D eigenvalue weighted by molar-refractivity contribution is 5.95. The van der Waals surface area contributed by atoms with E-state index >= 15 is 0 Å². The van der Waals surface area contributed by atoms with Crippen molar-refractivity contribution in [2.75, 3.05) is 6.61 Å². The molecule has 1 saturated carbocycles. The van der Waals surface area contributed by atoms with Crippen molar-refractivity contribution in [2.45, 2.75) is 90.4 Å². The molecule has 37 heavy (non-hydrogen) atoms. The minimum Gasteiger partial charge on any atom is -0.450 e. The Morgan fingerprint density at radius 2 is 1.65 bits per heavy atom. The van der Waals surface area contributed by atoms with Crippen LogP contribution in [-0.2, 0) is 4.74 Å². The molecule has 7 nitrogen and oxygen atoms in total. The quantitative estimate of drug-likeness (QED) is 0.318. The number of carbonyl (C=O) groups excluding carboxylic acids is 2. The number of nitrogens with zero attached hydrogens (tertiary/aromatic N) is 1. The Bertz CT molecular complexity index is 857. The van der Waals surface area contributed by atoms with Crippen molar-refractivity contribution in [3.05, 3.63) is 59.9 Å². The van der Waals surface area contributed by atoms with Gasteiger partial charge in [0.1, 0.15) is 0 Å². The van der Waals surface area contributed by atoms with Crippen molar-refractivity contribution in [1.29, 1.82) is 0 Å². The van der Waals surface area contributed by atoms with Crippen LogP contribution in [-0.4, -0.2) is 41.8 Å². The van der Waals surface area contributed by atoms with E-state index in [1.807, 2.05) is 50.2 Å². The molecule has 2 aliphatic rings. The highest BCUT2D eigenvalue weighted by atomic mass is 19.4. The summed E-state index contributed by atoms with van der Waals surface area (Å²) in [5.74, 6) is -1.74. The predicted octanol–water partition coefficient (Wildman–Crippen LogP) is 6.15. The van der Waals surface area contributed by atoms with Crippen LogP contribution < -0.4 is 16.6 Å². The van der Waals surface area contributed by atoms with E-state index in [9.17, 15) is 22.8 Å². The summed E-state index contributed by atoms with van der Waals surface area (Å²) in [6.45, 7) is 7.35. The first-order valence-corrected chi connectivity index (χ1v) is 12.9. The van der Waals surface area contributed by atoms with Crippen LogP contribution in [0.3, 0.4) is 0 Å². The third-order valence-corrected chi connectivity index (χ3v) is 5.82. The third kappa shape index (κ3) is 11.6. The van der Waals surface area contributed by atoms with Crippen LogP contribution in [0.15, 0.2) is 48.8 Å². The first-order chi connectivity index (χ1) is 17.6. The lowest BCUT2D eigenvalue weighted by molar-refractivity contribution is -0.146. The van der Waals surface area contributed by atoms with Crippen LogP contribution in [0.25, 0.3) is 0 Å². The number of allylic oxidation sites excluding steroid dienone is 2. The van der Waals surface area contributed by atoms with E-state index in [2.05, 4.69) is 10.9 Å². The summed E-state index contributed by atoms with van der Waals surface area (Å²) in [6.07, 6.45) is 7.14. The summed E-state index contributed by atoms with van der Waals surface area (Å²) in [4.78, 5) is 25.7. The van der Waals surface area contributed by atoms with Crippen LogP contribution >= 0.6 is 0 Å². The fourth-order valence-electron chi connectivity index (χ4n) is 3.79. The maximum absolute atomic E-state index is 13.2. The van der Waals surface area contributed by atoms with Crippen LogP contribution in [0.5, 0.6) is 0 Å². The second-order valence-corrected chi connectivity index (χ2v) is 8.59. The van der Waals surface area contributed by atoms with E-state index in [1.165, 1.54) is 24.3 Å². The van der Waals surface area contributed by atoms with Gasteiger partial charge < -0.3 is 26.2 Å². The molecule has 2 unspecified atom stereocenters. The van der Waals surface area contributed by atoms with Gasteiger partial charge in [0, 0.05) is 30.0 Å². The smallest absolute Gasteiger partial charge is 0.404 e. The number of hydrogen-bond acceptors (Lipinski definition) is 5. The summed E-state index contributed by atoms with van der Waals surface area (Å²) >= 11 is 0. The van der Waals surface area contributed by atoms with Crippen molar-refractivity contribution < 1.29 is 27.5 Å². The molecule has 10 heteroatoms. The Hall–Kier alpha value is -3.17. The zero-order chi connectivity index (χ0) is 27.8. The van der Waals surface area contributed by atoms with Crippen LogP contribution in [0, 0.1) is 0 Å². The van der Waals surface area contributed by atoms with E-state index in [0.29, 0.717) is 18.4 Å². The maximum Gasteiger partial charge on any atom is 0.404 e. The molecule has 3 rings (SSSR count). The molecule has 0 aromatic heterocycles. The van der Waals surface area contributed by atoms with Crippen molar-refractivity contribution in [3.8, 4) is 0 Å². The minimum atomic E-state index is -4.31. The van der Waals surface area contributed by atoms with Gasteiger partial charge in [0.15, 0.2) is 0 Å². The number of benzene rings is 1. The van der Waals surface area contributed by atoms with Crippen molar-refractivity contribution in [1.82, 2.24) is 15.8 Å². The van der Waals surface area contributed by atoms with Gasteiger partial charge in [0.25, 0.3) is 5.91 Å². The number of amides is 2. The van der Waals surface area contributed by atoms with Crippen molar-refractivity contribution >= 4 is 12.0 Å². The van der Waals surface area contributed by atoms with Crippen molar-refractivity contribution in [3.63, 3.8) is 0 Å². The fraction of sp³-hybridized carbons (Fsp3) is 0.556. The molecule has 2 amide bonds. The summed E-state index contributed by atoms with van der Waals surface area (Å²) < 4.78 is 43.5. The highest BCUT2D eigenvalue weighted by Crippen LogP contribution is 2.35. The average molecular weight is 527 g/mol. The Balaban J connectivity index is 0.000000735. The van der Waals surface area contributed by atoms with Crippen LogP contribution in [0.1, 0.15) is 88.1 Å². The average Bonchev–Trinajstić information content (AvgIpc) is 3.73. The monoisotopic (exact) mass is 526 g/mol. The van der Waals surface area contributed by atoms with E-state index < -0.39 is 18.2 Å². The van der Waals surface area contributed by atoms with Gasteiger partial charge in [0.2, 0.25) is 0 Å². The molecular formula is C27H41F3N4O3. The van der Waals surface area contributed by atoms with Gasteiger partial charge in [-0.15, -0.1) is 0 Å². The molecule has 4 N–H and O–H groups in total. The molecule has 1 aliphatic heterocycles. The van der Waals surface area contributed by atoms with E-state index in [0.717, 1.165) is 32.6 Å². The summed E-state index contributed by atoms with van der Waals surface area (Å²) in [7, 11) is 0. The lowest BCUT2D eigenvalue weighted by atomic mass is 9.98. The molecule has 1 aromatic rings. The topological polar surface area (TPSA) is 96.7 Å². The van der Waals surface area contributed by atoms with Crippen LogP contribution in [0.2, 0.25) is 0 Å². The summed E-state index contributed by atoms with van der Waals surface area (Å²) in [5.41, 5.74) is 11.0. The summed E-state index contributed by atoms with van der Waals surface area (Å²) in [6, 6.07) is 5.87. The normalized spacial score (nSPS) is 15.4. The highest BCUT2D eigenvalue weighted by Gasteiger charge is 2.38. The molecule has 0 bridgehead atoms. The largest absolute Gasteiger partial charge is 0.450 e. The lowest BCUT2D eigenvalue weighted by Gasteiger charge is -2.32. The Morgan fingerprint density at radius 3 is 2.05 bits per heavy atom. The molecule has 0 radical (unpaired) electrons. The third-order valence-electron chi connectivity index (χ3n) is 5.82. The van der Waals surface area contributed by atoms with Crippen molar-refractivity contribution in [2.24, 2.45) is 5.73 Å². The SMILES string of the molecule is C1=CNNC=C1.CC.CCCC(CCCOC(N)=O)N(C(=O)c1ccc(C(C)C(F)(F)F)cc1)C1CC1. The van der Waals surface area contributed by atoms with Gasteiger partial charge in [-0.3, -0.25) is 4.79 Å². The number of carbonyl (C=O) groups is 2. The van der Waals surface area contributed by atoms with Gasteiger partial charge in [-0.05, 0) is 68.9 Å². The first kappa shape index (κ1) is 31.9.